The number of aromatic nitrogens is 1. The summed E-state index contributed by atoms with van der Waals surface area (Å²) in [5.74, 6) is -3.83. The number of likely N-dealkylation sites (tertiary alicyclic amines) is 1. The molecule has 1 atom stereocenters. The maximum absolute atomic E-state index is 15.4. The average molecular weight is 660 g/mol. The Labute approximate surface area is 273 Å². The lowest BCUT2D eigenvalue weighted by molar-refractivity contribution is -0.135. The van der Waals surface area contributed by atoms with E-state index in [2.05, 4.69) is 10.3 Å². The summed E-state index contributed by atoms with van der Waals surface area (Å²) in [5, 5.41) is 3.08. The number of urea groups is 1. The number of hydrogen-bond donors (Lipinski definition) is 1. The van der Waals surface area contributed by atoms with E-state index in [4.69, 9.17) is 14.2 Å². The third-order valence-electron chi connectivity index (χ3n) is 8.20. The second kappa shape index (κ2) is 13.5. The number of anilines is 2. The molecule has 6 rings (SSSR count). The Morgan fingerprint density at radius 3 is 2.29 bits per heavy atom. The van der Waals surface area contributed by atoms with Crippen LogP contribution in [0.2, 0.25) is 0 Å². The topological polar surface area (TPSA) is 131 Å². The fraction of sp³-hybridized carbons (Fsp3) is 0.265. The van der Waals surface area contributed by atoms with Gasteiger partial charge < -0.3 is 29.3 Å². The molecule has 0 radical (unpaired) electrons. The van der Waals surface area contributed by atoms with E-state index < -0.39 is 35.4 Å². The Hall–Kier alpha value is -5.79. The van der Waals surface area contributed by atoms with Crippen LogP contribution in [0.5, 0.6) is 23.0 Å². The summed E-state index contributed by atoms with van der Waals surface area (Å²) in [6, 6.07) is 12.4. The quantitative estimate of drug-likeness (QED) is 0.250. The lowest BCUT2D eigenvalue weighted by Crippen LogP contribution is -2.61. The number of rotatable bonds is 9. The van der Waals surface area contributed by atoms with E-state index in [0.717, 1.165) is 40.8 Å². The number of hydrogen-bond acceptors (Lipinski definition) is 8. The first kappa shape index (κ1) is 32.2. The van der Waals surface area contributed by atoms with Crippen molar-refractivity contribution >= 4 is 46.0 Å². The standard InChI is InChI=1S/C34H31F2N5O7/c1-46-29-16-23-26(17-30(29)47-2)37-12-11-27(23)48-28-10-7-21(15-25(28)36)38-32(43)24-18-40(19-31(42)39-13-3-4-14-39)34(45)41(33(24)44)22-8-5-20(35)6-9-22/h5-12,15-17,24H,3-4,13-14,18-19H2,1-2H3,(H,38,43). The van der Waals surface area contributed by atoms with Crippen LogP contribution in [0.1, 0.15) is 12.8 Å². The number of carbonyl (C=O) groups is 4. The molecule has 5 amide bonds. The molecule has 0 aliphatic carbocycles. The van der Waals surface area contributed by atoms with E-state index in [9.17, 15) is 23.6 Å². The van der Waals surface area contributed by atoms with Gasteiger partial charge in [0.25, 0.3) is 0 Å². The van der Waals surface area contributed by atoms with Gasteiger partial charge >= 0.3 is 6.03 Å². The molecule has 3 aromatic carbocycles. The average Bonchev–Trinajstić information content (AvgIpc) is 3.63. The van der Waals surface area contributed by atoms with Gasteiger partial charge in [0.1, 0.15) is 24.0 Å². The molecule has 1 unspecified atom stereocenters. The van der Waals surface area contributed by atoms with Gasteiger partial charge in [-0.05, 0) is 61.4 Å². The Balaban J connectivity index is 1.22. The number of nitrogens with zero attached hydrogens (tertiary/aromatic N) is 4. The number of halogens is 2. The van der Waals surface area contributed by atoms with E-state index in [1.165, 1.54) is 44.7 Å². The van der Waals surface area contributed by atoms with Crippen LogP contribution in [-0.4, -0.2) is 78.9 Å². The molecule has 1 N–H and O–H groups in total. The van der Waals surface area contributed by atoms with E-state index in [-0.39, 0.29) is 36.1 Å². The number of carbonyl (C=O) groups excluding carboxylic acids is 4. The number of amides is 5. The molecule has 14 heteroatoms. The number of benzene rings is 3. The molecule has 48 heavy (non-hydrogen) atoms. The van der Waals surface area contributed by atoms with E-state index >= 15 is 4.39 Å². The summed E-state index contributed by atoms with van der Waals surface area (Å²) in [6.07, 6.45) is 3.18. The second-order valence-electron chi connectivity index (χ2n) is 11.2. The summed E-state index contributed by atoms with van der Waals surface area (Å²) in [5.41, 5.74) is 0.583. The van der Waals surface area contributed by atoms with Crippen molar-refractivity contribution in [1.82, 2.24) is 14.8 Å². The third kappa shape index (κ3) is 6.41. The Morgan fingerprint density at radius 1 is 0.896 bits per heavy atom. The van der Waals surface area contributed by atoms with Gasteiger partial charge in [-0.3, -0.25) is 19.4 Å². The molecule has 0 spiro atoms. The minimum atomic E-state index is -1.45. The summed E-state index contributed by atoms with van der Waals surface area (Å²) < 4.78 is 45.6. The molecule has 4 aromatic rings. The smallest absolute Gasteiger partial charge is 0.331 e. The number of pyridine rings is 1. The van der Waals surface area contributed by atoms with Crippen LogP contribution in [-0.2, 0) is 14.4 Å². The zero-order valence-electron chi connectivity index (χ0n) is 26.1. The predicted molar refractivity (Wildman–Crippen MR) is 170 cm³/mol. The maximum atomic E-state index is 15.4. The summed E-state index contributed by atoms with van der Waals surface area (Å²) in [6.45, 7) is 0.373. The molecular weight excluding hydrogens is 628 g/mol. The van der Waals surface area contributed by atoms with Gasteiger partial charge in [0.2, 0.25) is 17.7 Å². The van der Waals surface area contributed by atoms with Crippen molar-refractivity contribution in [1.29, 1.82) is 0 Å². The van der Waals surface area contributed by atoms with Gasteiger partial charge in [-0.1, -0.05) is 0 Å². The maximum Gasteiger partial charge on any atom is 0.331 e. The molecule has 2 fully saturated rings. The Morgan fingerprint density at radius 2 is 1.60 bits per heavy atom. The first-order valence-corrected chi connectivity index (χ1v) is 15.1. The van der Waals surface area contributed by atoms with Gasteiger partial charge in [0.15, 0.2) is 23.1 Å². The first-order valence-electron chi connectivity index (χ1n) is 15.1. The summed E-state index contributed by atoms with van der Waals surface area (Å²) in [4.78, 5) is 61.3. The van der Waals surface area contributed by atoms with Crippen LogP contribution >= 0.6 is 0 Å². The summed E-state index contributed by atoms with van der Waals surface area (Å²) >= 11 is 0. The molecule has 2 aliphatic heterocycles. The highest BCUT2D eigenvalue weighted by Crippen LogP contribution is 2.37. The Kier molecular flexibility index (Phi) is 9.06. The number of methoxy groups -OCH3 is 2. The Bertz CT molecular complexity index is 1900. The second-order valence-corrected chi connectivity index (χ2v) is 11.2. The van der Waals surface area contributed by atoms with E-state index in [1.807, 2.05) is 0 Å². The van der Waals surface area contributed by atoms with E-state index in [1.54, 1.807) is 23.1 Å². The van der Waals surface area contributed by atoms with Crippen molar-refractivity contribution in [3.8, 4) is 23.0 Å². The van der Waals surface area contributed by atoms with Crippen LogP contribution in [0.3, 0.4) is 0 Å². The molecule has 2 saturated heterocycles. The van der Waals surface area contributed by atoms with Crippen LogP contribution in [0.4, 0.5) is 25.0 Å². The van der Waals surface area contributed by atoms with Crippen LogP contribution < -0.4 is 24.4 Å². The van der Waals surface area contributed by atoms with Crippen molar-refractivity contribution in [2.45, 2.75) is 12.8 Å². The highest BCUT2D eigenvalue weighted by molar-refractivity contribution is 6.23. The third-order valence-corrected chi connectivity index (χ3v) is 8.20. The lowest BCUT2D eigenvalue weighted by atomic mass is 10.0. The minimum Gasteiger partial charge on any atom is -0.493 e. The molecule has 0 bridgehead atoms. The van der Waals surface area contributed by atoms with Crippen LogP contribution in [0.25, 0.3) is 10.9 Å². The van der Waals surface area contributed by atoms with Crippen molar-refractivity contribution < 1.29 is 42.2 Å². The van der Waals surface area contributed by atoms with Crippen molar-refractivity contribution in [3.63, 3.8) is 0 Å². The fourth-order valence-corrected chi connectivity index (χ4v) is 5.70. The molecule has 0 saturated carbocycles. The highest BCUT2D eigenvalue weighted by atomic mass is 19.1. The van der Waals surface area contributed by atoms with Crippen molar-refractivity contribution in [2.75, 3.05) is 50.6 Å². The molecule has 1 aromatic heterocycles. The lowest BCUT2D eigenvalue weighted by Gasteiger charge is -2.38. The number of nitrogens with one attached hydrogen (secondary N) is 1. The van der Waals surface area contributed by atoms with E-state index in [0.29, 0.717) is 41.2 Å². The van der Waals surface area contributed by atoms with Crippen molar-refractivity contribution in [2.24, 2.45) is 5.92 Å². The van der Waals surface area contributed by atoms with Gasteiger partial charge in [0.05, 0.1) is 25.4 Å². The largest absolute Gasteiger partial charge is 0.493 e. The van der Waals surface area contributed by atoms with Gasteiger partial charge in [-0.15, -0.1) is 0 Å². The minimum absolute atomic E-state index is 0.0218. The monoisotopic (exact) mass is 659 g/mol. The van der Waals surface area contributed by atoms with Crippen LogP contribution in [0.15, 0.2) is 66.9 Å². The fourth-order valence-electron chi connectivity index (χ4n) is 5.70. The van der Waals surface area contributed by atoms with Gasteiger partial charge in [-0.25, -0.2) is 18.5 Å². The molecule has 12 nitrogen and oxygen atoms in total. The number of fused-ring (bicyclic) bond motifs is 1. The molecular formula is C34H31F2N5O7. The number of imide groups is 1. The zero-order valence-corrected chi connectivity index (χ0v) is 26.1. The number of ether oxygens (including phenoxy) is 3. The van der Waals surface area contributed by atoms with Gasteiger partial charge in [-0.2, -0.15) is 0 Å². The predicted octanol–water partition coefficient (Wildman–Crippen LogP) is 4.97. The first-order chi connectivity index (χ1) is 23.2. The molecule has 248 valence electrons. The molecule has 2 aliphatic rings. The summed E-state index contributed by atoms with van der Waals surface area (Å²) in [7, 11) is 2.98. The highest BCUT2D eigenvalue weighted by Gasteiger charge is 2.44. The normalized spacial score (nSPS) is 16.3. The van der Waals surface area contributed by atoms with Gasteiger partial charge in [0, 0.05) is 49.0 Å². The van der Waals surface area contributed by atoms with Crippen molar-refractivity contribution in [3.05, 3.63) is 78.5 Å². The molecule has 3 heterocycles. The SMILES string of the molecule is COc1cc2nccc(Oc3ccc(NC(=O)C4CN(CC(=O)N5CCCC5)C(=O)N(c5ccc(F)cc5)C4=O)cc3F)c2cc1OC. The van der Waals surface area contributed by atoms with Crippen LogP contribution in [0, 0.1) is 17.6 Å². The zero-order chi connectivity index (χ0) is 33.9.